The van der Waals surface area contributed by atoms with Crippen LogP contribution in [0.15, 0.2) is 18.2 Å². The largest absolute Gasteiger partial charge is 0.504 e. The summed E-state index contributed by atoms with van der Waals surface area (Å²) in [6.07, 6.45) is 0. The molecule has 0 aliphatic heterocycles. The fraction of sp³-hybridized carbons (Fsp3) is 0.250. The van der Waals surface area contributed by atoms with E-state index in [4.69, 9.17) is 35.0 Å². The van der Waals surface area contributed by atoms with E-state index < -0.39 is 0 Å². The van der Waals surface area contributed by atoms with Gasteiger partial charge in [0.25, 0.3) is 0 Å². The van der Waals surface area contributed by atoms with Gasteiger partial charge in [-0.05, 0) is 30.0 Å². The molecule has 0 spiro atoms. The smallest absolute Gasteiger partial charge is 0.160 e. The molecule has 2 rings (SSSR count). The standard InChI is InChI=1S/C12H11Cl3N2O/c1-2-17(15)6-7-3-4-8-9(13)5-10(14)12(18)11(8)16-7/h3-5,18H,2,6H2,1H3. The minimum Gasteiger partial charge on any atom is -0.504 e. The number of phenolic OH excluding ortho intramolecular Hbond substituents is 1. The summed E-state index contributed by atoms with van der Waals surface area (Å²) in [6.45, 7) is 3.13. The predicted molar refractivity (Wildman–Crippen MR) is 75.4 cm³/mol. The van der Waals surface area contributed by atoms with Gasteiger partial charge in [-0.25, -0.2) is 9.40 Å². The number of pyridine rings is 1. The third kappa shape index (κ3) is 2.64. The number of hydrogen-bond acceptors (Lipinski definition) is 3. The van der Waals surface area contributed by atoms with Gasteiger partial charge in [0.1, 0.15) is 5.52 Å². The van der Waals surface area contributed by atoms with Crippen molar-refractivity contribution < 1.29 is 5.11 Å². The van der Waals surface area contributed by atoms with Crippen LogP contribution in [0.25, 0.3) is 10.9 Å². The Morgan fingerprint density at radius 2 is 2.00 bits per heavy atom. The maximum absolute atomic E-state index is 9.90. The van der Waals surface area contributed by atoms with Crippen LogP contribution in [0.1, 0.15) is 12.6 Å². The van der Waals surface area contributed by atoms with Crippen molar-refractivity contribution in [1.29, 1.82) is 0 Å². The second kappa shape index (κ2) is 5.49. The van der Waals surface area contributed by atoms with Gasteiger partial charge in [-0.2, -0.15) is 0 Å². The van der Waals surface area contributed by atoms with Gasteiger partial charge in [-0.15, -0.1) is 0 Å². The lowest BCUT2D eigenvalue weighted by molar-refractivity contribution is 0.466. The van der Waals surface area contributed by atoms with E-state index in [1.165, 1.54) is 6.07 Å². The lowest BCUT2D eigenvalue weighted by atomic mass is 10.2. The molecular weight excluding hydrogens is 295 g/mol. The molecule has 1 heterocycles. The molecule has 0 amide bonds. The third-order valence-electron chi connectivity index (χ3n) is 2.59. The topological polar surface area (TPSA) is 36.4 Å². The van der Waals surface area contributed by atoms with Crippen LogP contribution in [0.5, 0.6) is 5.75 Å². The first kappa shape index (κ1) is 13.7. The van der Waals surface area contributed by atoms with Gasteiger partial charge in [-0.1, -0.05) is 30.1 Å². The zero-order valence-corrected chi connectivity index (χ0v) is 11.9. The van der Waals surface area contributed by atoms with Crippen LogP contribution < -0.4 is 0 Å². The van der Waals surface area contributed by atoms with E-state index in [1.54, 1.807) is 10.5 Å². The van der Waals surface area contributed by atoms with Gasteiger partial charge in [-0.3, -0.25) is 0 Å². The highest BCUT2D eigenvalue weighted by atomic mass is 35.5. The molecule has 96 valence electrons. The molecule has 0 unspecified atom stereocenters. The van der Waals surface area contributed by atoms with Crippen molar-refractivity contribution in [2.45, 2.75) is 13.5 Å². The van der Waals surface area contributed by atoms with Crippen molar-refractivity contribution in [1.82, 2.24) is 9.40 Å². The average molecular weight is 306 g/mol. The molecule has 0 aliphatic rings. The van der Waals surface area contributed by atoms with Gasteiger partial charge in [0.05, 0.1) is 22.3 Å². The maximum atomic E-state index is 9.90. The Balaban J connectivity index is 2.53. The molecule has 2 aromatic rings. The van der Waals surface area contributed by atoms with E-state index in [9.17, 15) is 5.11 Å². The summed E-state index contributed by atoms with van der Waals surface area (Å²) in [6, 6.07) is 5.13. The molecule has 1 aromatic heterocycles. The lowest BCUT2D eigenvalue weighted by Crippen LogP contribution is -2.11. The molecule has 3 nitrogen and oxygen atoms in total. The molecule has 0 saturated carbocycles. The van der Waals surface area contributed by atoms with E-state index >= 15 is 0 Å². The van der Waals surface area contributed by atoms with Gasteiger partial charge >= 0.3 is 0 Å². The number of rotatable bonds is 3. The van der Waals surface area contributed by atoms with Crippen LogP contribution in [0.3, 0.4) is 0 Å². The fourth-order valence-corrected chi connectivity index (χ4v) is 2.26. The number of nitrogens with zero attached hydrogens (tertiary/aromatic N) is 2. The normalized spacial score (nSPS) is 11.4. The number of aromatic nitrogens is 1. The second-order valence-electron chi connectivity index (χ2n) is 3.82. The van der Waals surface area contributed by atoms with Gasteiger partial charge in [0, 0.05) is 11.9 Å². The molecule has 1 N–H and O–H groups in total. The number of benzene rings is 1. The Hall–Kier alpha value is -0.740. The number of aromatic hydroxyl groups is 1. The highest BCUT2D eigenvalue weighted by molar-refractivity contribution is 6.39. The zero-order chi connectivity index (χ0) is 13.3. The molecule has 18 heavy (non-hydrogen) atoms. The molecule has 0 atom stereocenters. The highest BCUT2D eigenvalue weighted by Gasteiger charge is 2.12. The molecule has 0 aliphatic carbocycles. The summed E-state index contributed by atoms with van der Waals surface area (Å²) in [5, 5.41) is 11.2. The van der Waals surface area contributed by atoms with Crippen molar-refractivity contribution in [3.05, 3.63) is 33.9 Å². The minimum atomic E-state index is -0.0597. The summed E-state index contributed by atoms with van der Waals surface area (Å²) in [7, 11) is 0. The Kier molecular flexibility index (Phi) is 4.17. The second-order valence-corrected chi connectivity index (χ2v) is 5.12. The number of halogens is 3. The lowest BCUT2D eigenvalue weighted by Gasteiger charge is -2.11. The van der Waals surface area contributed by atoms with Crippen molar-refractivity contribution in [2.24, 2.45) is 0 Å². The van der Waals surface area contributed by atoms with E-state index in [-0.39, 0.29) is 10.8 Å². The Labute approximate surface area is 120 Å². The molecule has 0 bridgehead atoms. The first-order valence-corrected chi connectivity index (χ1v) is 6.49. The number of fused-ring (bicyclic) bond motifs is 1. The van der Waals surface area contributed by atoms with Crippen molar-refractivity contribution in [2.75, 3.05) is 6.54 Å². The zero-order valence-electron chi connectivity index (χ0n) is 9.62. The first-order valence-electron chi connectivity index (χ1n) is 5.40. The van der Waals surface area contributed by atoms with Crippen molar-refractivity contribution in [3.63, 3.8) is 0 Å². The van der Waals surface area contributed by atoms with Crippen LogP contribution >= 0.6 is 35.0 Å². The average Bonchev–Trinajstić information content (AvgIpc) is 2.36. The van der Waals surface area contributed by atoms with Gasteiger partial charge in [0.15, 0.2) is 5.75 Å². The molecular formula is C12H11Cl3N2O. The minimum absolute atomic E-state index is 0.0597. The molecule has 0 saturated heterocycles. The van der Waals surface area contributed by atoms with Crippen molar-refractivity contribution in [3.8, 4) is 5.75 Å². The van der Waals surface area contributed by atoms with E-state index in [2.05, 4.69) is 4.98 Å². The van der Waals surface area contributed by atoms with E-state index in [0.29, 0.717) is 29.0 Å². The third-order valence-corrected chi connectivity index (χ3v) is 3.55. The van der Waals surface area contributed by atoms with Crippen LogP contribution in [-0.4, -0.2) is 21.1 Å². The Bertz CT molecular complexity index is 589. The monoisotopic (exact) mass is 304 g/mol. The van der Waals surface area contributed by atoms with Crippen LogP contribution in [0.2, 0.25) is 10.0 Å². The van der Waals surface area contributed by atoms with Gasteiger partial charge in [0.2, 0.25) is 0 Å². The van der Waals surface area contributed by atoms with Crippen molar-refractivity contribution >= 4 is 45.9 Å². The number of phenols is 1. The molecule has 6 heteroatoms. The quantitative estimate of drug-likeness (QED) is 0.862. The molecule has 0 fully saturated rings. The summed E-state index contributed by atoms with van der Waals surface area (Å²) in [5.41, 5.74) is 1.14. The predicted octanol–water partition coefficient (Wildman–Crippen LogP) is 4.22. The van der Waals surface area contributed by atoms with Crippen LogP contribution in [0.4, 0.5) is 0 Å². The molecule has 0 radical (unpaired) electrons. The maximum Gasteiger partial charge on any atom is 0.160 e. The summed E-state index contributed by atoms with van der Waals surface area (Å²) < 4.78 is 1.59. The van der Waals surface area contributed by atoms with Crippen LogP contribution in [-0.2, 0) is 6.54 Å². The van der Waals surface area contributed by atoms with E-state index in [1.807, 2.05) is 13.0 Å². The summed E-state index contributed by atoms with van der Waals surface area (Å²) >= 11 is 17.8. The van der Waals surface area contributed by atoms with Crippen LogP contribution in [0, 0.1) is 0 Å². The fourth-order valence-electron chi connectivity index (χ4n) is 1.62. The highest BCUT2D eigenvalue weighted by Crippen LogP contribution is 2.36. The summed E-state index contributed by atoms with van der Waals surface area (Å²) in [5.74, 6) is -0.0597. The molecule has 1 aromatic carbocycles. The Morgan fingerprint density at radius 1 is 1.28 bits per heavy atom. The SMILES string of the molecule is CCN(Cl)Cc1ccc2c(Cl)cc(Cl)c(O)c2n1. The Morgan fingerprint density at radius 3 is 2.67 bits per heavy atom. The van der Waals surface area contributed by atoms with Gasteiger partial charge < -0.3 is 5.11 Å². The number of hydrogen-bond donors (Lipinski definition) is 1. The first-order chi connectivity index (χ1) is 8.52. The van der Waals surface area contributed by atoms with E-state index in [0.717, 1.165) is 5.69 Å². The summed E-state index contributed by atoms with van der Waals surface area (Å²) in [4.78, 5) is 4.34.